The summed E-state index contributed by atoms with van der Waals surface area (Å²) in [6.45, 7) is 9.98. The molecule has 1 saturated heterocycles. The Balaban J connectivity index is 1.53. The summed E-state index contributed by atoms with van der Waals surface area (Å²) in [5.74, 6) is -0.00482. The minimum absolute atomic E-state index is 0.0151. The molecule has 2 N–H and O–H groups in total. The Morgan fingerprint density at radius 2 is 2.00 bits per heavy atom. The lowest BCUT2D eigenvalue weighted by Crippen LogP contribution is -2.48. The van der Waals surface area contributed by atoms with Crippen molar-refractivity contribution in [2.75, 3.05) is 18.4 Å². The fourth-order valence-corrected chi connectivity index (χ4v) is 5.86. The number of benzene rings is 1. The predicted molar refractivity (Wildman–Crippen MR) is 138 cm³/mol. The minimum Gasteiger partial charge on any atom is -0.316 e. The Morgan fingerprint density at radius 1 is 1.21 bits per heavy atom. The van der Waals surface area contributed by atoms with Crippen molar-refractivity contribution in [1.82, 2.24) is 24.8 Å². The third kappa shape index (κ3) is 4.10. The van der Waals surface area contributed by atoms with Crippen LogP contribution in [0.25, 0.3) is 22.3 Å². The SMILES string of the molecule is CC12CCNCC1C=CC(Nc1ncc(F)c(-c3cc(F)c4nc(I)n(C(C)(C)C)c4c3)n1)=N2. The molecule has 0 saturated carbocycles. The standard InChI is InChI=1S/C24H26F2IN7/c1-23(2,3)34-17-10-13(9-15(25)20(17)31-21(34)27)19-16(26)12-29-22(32-19)30-18-6-5-14-11-28-8-7-24(14,4)33-18/h5-6,9-10,12,14,28H,7-8,11H2,1-4H3,(H,29,30,32,33). The van der Waals surface area contributed by atoms with E-state index in [1.807, 2.05) is 31.4 Å². The topological polar surface area (TPSA) is 80.0 Å². The van der Waals surface area contributed by atoms with Gasteiger partial charge >= 0.3 is 0 Å². The molecule has 1 fully saturated rings. The maximum absolute atomic E-state index is 15.0. The molecule has 0 bridgehead atoms. The lowest BCUT2D eigenvalue weighted by atomic mass is 9.79. The van der Waals surface area contributed by atoms with E-state index in [9.17, 15) is 4.39 Å². The smallest absolute Gasteiger partial charge is 0.229 e. The molecule has 34 heavy (non-hydrogen) atoms. The van der Waals surface area contributed by atoms with E-state index in [1.165, 1.54) is 6.07 Å². The van der Waals surface area contributed by atoms with Crippen LogP contribution >= 0.6 is 22.6 Å². The highest BCUT2D eigenvalue weighted by Crippen LogP contribution is 2.34. The van der Waals surface area contributed by atoms with Crippen LogP contribution in [-0.4, -0.2) is 44.0 Å². The van der Waals surface area contributed by atoms with Crippen LogP contribution < -0.4 is 10.6 Å². The number of nitrogens with one attached hydrogen (secondary N) is 2. The second-order valence-corrected chi connectivity index (χ2v) is 11.0. The predicted octanol–water partition coefficient (Wildman–Crippen LogP) is 4.88. The number of dihydropyridines is 1. The maximum atomic E-state index is 15.0. The fraction of sp³-hybridized carbons (Fsp3) is 0.417. The first-order valence-electron chi connectivity index (χ1n) is 11.2. The van der Waals surface area contributed by atoms with Crippen LogP contribution in [0, 0.1) is 21.4 Å². The number of amidine groups is 1. The van der Waals surface area contributed by atoms with E-state index in [0.717, 1.165) is 25.7 Å². The van der Waals surface area contributed by atoms with E-state index in [-0.39, 0.29) is 28.2 Å². The third-order valence-corrected chi connectivity index (χ3v) is 7.16. The summed E-state index contributed by atoms with van der Waals surface area (Å²) >= 11 is 2.09. The molecule has 0 aliphatic carbocycles. The zero-order chi connectivity index (χ0) is 24.3. The largest absolute Gasteiger partial charge is 0.316 e. The summed E-state index contributed by atoms with van der Waals surface area (Å²) in [5, 5.41) is 6.50. The first-order valence-corrected chi connectivity index (χ1v) is 12.3. The van der Waals surface area contributed by atoms with Gasteiger partial charge in [0.15, 0.2) is 15.5 Å². The molecule has 0 radical (unpaired) electrons. The van der Waals surface area contributed by atoms with Gasteiger partial charge in [0.25, 0.3) is 0 Å². The van der Waals surface area contributed by atoms with Crippen LogP contribution in [0.5, 0.6) is 0 Å². The van der Waals surface area contributed by atoms with Crippen molar-refractivity contribution < 1.29 is 8.78 Å². The van der Waals surface area contributed by atoms with Crippen LogP contribution in [0.3, 0.4) is 0 Å². The lowest BCUT2D eigenvalue weighted by molar-refractivity contribution is 0.268. The Kier molecular flexibility index (Phi) is 5.70. The Morgan fingerprint density at radius 3 is 2.76 bits per heavy atom. The number of fused-ring (bicyclic) bond motifs is 2. The molecule has 2 atom stereocenters. The molecule has 2 unspecified atom stereocenters. The summed E-state index contributed by atoms with van der Waals surface area (Å²) in [4.78, 5) is 17.7. The van der Waals surface area contributed by atoms with E-state index >= 15 is 4.39 Å². The van der Waals surface area contributed by atoms with E-state index in [2.05, 4.69) is 61.2 Å². The van der Waals surface area contributed by atoms with Crippen LogP contribution in [0.2, 0.25) is 0 Å². The summed E-state index contributed by atoms with van der Waals surface area (Å²) in [5.41, 5.74) is 0.636. The highest BCUT2D eigenvalue weighted by molar-refractivity contribution is 14.1. The number of imidazole rings is 1. The number of nitrogens with zero attached hydrogens (tertiary/aromatic N) is 5. The Bertz CT molecular complexity index is 1340. The summed E-state index contributed by atoms with van der Waals surface area (Å²) in [6, 6.07) is 3.00. The number of anilines is 1. The van der Waals surface area contributed by atoms with Crippen LogP contribution in [0.15, 0.2) is 35.5 Å². The molecule has 1 aromatic carbocycles. The van der Waals surface area contributed by atoms with Gasteiger partial charge in [0.05, 0.1) is 17.3 Å². The molecular formula is C24H26F2IN7. The van der Waals surface area contributed by atoms with E-state index < -0.39 is 11.6 Å². The van der Waals surface area contributed by atoms with Gasteiger partial charge in [-0.15, -0.1) is 0 Å². The van der Waals surface area contributed by atoms with Crippen LogP contribution in [-0.2, 0) is 5.54 Å². The van der Waals surface area contributed by atoms with Crippen molar-refractivity contribution >= 4 is 45.4 Å². The second-order valence-electron chi connectivity index (χ2n) is 10.0. The second kappa shape index (κ2) is 8.33. The number of aromatic nitrogens is 4. The molecule has 2 aromatic heterocycles. The van der Waals surface area contributed by atoms with Crippen molar-refractivity contribution in [3.05, 3.63) is 45.9 Å². The normalized spacial score (nSPS) is 22.6. The fourth-order valence-electron chi connectivity index (χ4n) is 4.63. The molecule has 0 spiro atoms. The van der Waals surface area contributed by atoms with E-state index in [4.69, 9.17) is 4.99 Å². The summed E-state index contributed by atoms with van der Waals surface area (Å²) in [7, 11) is 0. The van der Waals surface area contributed by atoms with Gasteiger partial charge in [-0.05, 0) is 81.5 Å². The van der Waals surface area contributed by atoms with Gasteiger partial charge in [-0.2, -0.15) is 0 Å². The van der Waals surface area contributed by atoms with Crippen molar-refractivity contribution in [2.45, 2.75) is 45.2 Å². The summed E-state index contributed by atoms with van der Waals surface area (Å²) < 4.78 is 32.5. The highest BCUT2D eigenvalue weighted by Gasteiger charge is 2.37. The number of piperidine rings is 1. The van der Waals surface area contributed by atoms with Crippen molar-refractivity contribution in [3.63, 3.8) is 0 Å². The molecule has 2 aliphatic rings. The van der Waals surface area contributed by atoms with Gasteiger partial charge in [-0.1, -0.05) is 6.08 Å². The van der Waals surface area contributed by atoms with E-state index in [0.29, 0.717) is 26.7 Å². The molecular weight excluding hydrogens is 551 g/mol. The number of rotatable bonds is 2. The quantitative estimate of drug-likeness (QED) is 0.425. The van der Waals surface area contributed by atoms with Crippen LogP contribution in [0.4, 0.5) is 14.7 Å². The Labute approximate surface area is 210 Å². The zero-order valence-corrected chi connectivity index (χ0v) is 21.6. The molecule has 4 heterocycles. The zero-order valence-electron chi connectivity index (χ0n) is 19.5. The van der Waals surface area contributed by atoms with Crippen LogP contribution in [0.1, 0.15) is 34.1 Å². The Hall–Kier alpha value is -2.47. The number of hydrogen-bond donors (Lipinski definition) is 2. The number of hydrogen-bond acceptors (Lipinski definition) is 6. The maximum Gasteiger partial charge on any atom is 0.229 e. The molecule has 178 valence electrons. The molecule has 3 aromatic rings. The summed E-state index contributed by atoms with van der Waals surface area (Å²) in [6.07, 6.45) is 6.05. The first kappa shape index (κ1) is 23.3. The van der Waals surface area contributed by atoms with Crippen molar-refractivity contribution in [3.8, 4) is 11.3 Å². The average Bonchev–Trinajstić information content (AvgIpc) is 3.11. The minimum atomic E-state index is -0.632. The van der Waals surface area contributed by atoms with Gasteiger partial charge in [-0.3, -0.25) is 4.99 Å². The first-order chi connectivity index (χ1) is 16.0. The molecule has 10 heteroatoms. The third-order valence-electron chi connectivity index (χ3n) is 6.43. The molecule has 0 amide bonds. The number of halogens is 3. The molecule has 5 rings (SSSR count). The molecule has 7 nitrogen and oxygen atoms in total. The van der Waals surface area contributed by atoms with Gasteiger partial charge in [0, 0.05) is 23.6 Å². The van der Waals surface area contributed by atoms with Gasteiger partial charge in [-0.25, -0.2) is 23.7 Å². The average molecular weight is 577 g/mol. The van der Waals surface area contributed by atoms with Gasteiger partial charge in [0.1, 0.15) is 17.0 Å². The monoisotopic (exact) mass is 577 g/mol. The molecule has 2 aliphatic heterocycles. The van der Waals surface area contributed by atoms with Crippen molar-refractivity contribution in [1.29, 1.82) is 0 Å². The number of aliphatic imine (C=N–C) groups is 1. The van der Waals surface area contributed by atoms with Crippen molar-refractivity contribution in [2.24, 2.45) is 10.9 Å². The van der Waals surface area contributed by atoms with Gasteiger partial charge in [0.2, 0.25) is 5.95 Å². The lowest BCUT2D eigenvalue weighted by Gasteiger charge is -2.39. The highest BCUT2D eigenvalue weighted by atomic mass is 127. The van der Waals surface area contributed by atoms with E-state index in [1.54, 1.807) is 6.07 Å². The van der Waals surface area contributed by atoms with Gasteiger partial charge < -0.3 is 15.2 Å².